The zero-order valence-electron chi connectivity index (χ0n) is 6.24. The Morgan fingerprint density at radius 2 is 1.58 bits per heavy atom. The minimum absolute atomic E-state index is 0.156. The van der Waals surface area contributed by atoms with Crippen LogP contribution < -0.4 is 0 Å². The smallest absolute Gasteiger partial charge is 0.343 e. The fourth-order valence-corrected chi connectivity index (χ4v) is 2.24. The van der Waals surface area contributed by atoms with E-state index in [-0.39, 0.29) is 11.8 Å². The van der Waals surface area contributed by atoms with Gasteiger partial charge in [0.15, 0.2) is 0 Å². The van der Waals surface area contributed by atoms with Crippen molar-refractivity contribution in [1.29, 1.82) is 0 Å². The van der Waals surface area contributed by atoms with Crippen molar-refractivity contribution in [1.82, 2.24) is 0 Å². The molecule has 3 nitrogen and oxygen atoms in total. The van der Waals surface area contributed by atoms with E-state index in [1.807, 2.05) is 12.2 Å². The Labute approximate surface area is 68.7 Å². The van der Waals surface area contributed by atoms with Crippen molar-refractivity contribution >= 4 is 11.9 Å². The second kappa shape index (κ2) is 1.68. The molecular formula is C9H6O3. The number of carbonyl (C=O) groups excluding carboxylic acids is 2. The third-order valence-electron chi connectivity index (χ3n) is 2.74. The van der Waals surface area contributed by atoms with Crippen molar-refractivity contribution in [3.8, 4) is 0 Å². The molecule has 1 aliphatic heterocycles. The molecule has 60 valence electrons. The van der Waals surface area contributed by atoms with E-state index < -0.39 is 11.9 Å². The summed E-state index contributed by atoms with van der Waals surface area (Å²) in [4.78, 5) is 22.2. The first kappa shape index (κ1) is 6.17. The van der Waals surface area contributed by atoms with E-state index in [1.54, 1.807) is 0 Å². The highest BCUT2D eigenvalue weighted by molar-refractivity contribution is 6.14. The first-order valence-electron chi connectivity index (χ1n) is 3.96. The number of fused-ring (bicyclic) bond motifs is 4. The van der Waals surface area contributed by atoms with Gasteiger partial charge in [0, 0.05) is 11.8 Å². The average Bonchev–Trinajstić information content (AvgIpc) is 2.64. The Balaban J connectivity index is 2.20. The number of esters is 2. The van der Waals surface area contributed by atoms with Crippen LogP contribution in [0.4, 0.5) is 0 Å². The second-order valence-corrected chi connectivity index (χ2v) is 3.34. The number of carbonyl (C=O) groups is 2. The fourth-order valence-electron chi connectivity index (χ4n) is 2.24. The molecule has 0 radical (unpaired) electrons. The zero-order chi connectivity index (χ0) is 8.29. The van der Waals surface area contributed by atoms with Gasteiger partial charge in [-0.05, 0) is 6.42 Å². The maximum atomic E-state index is 11.1. The highest BCUT2D eigenvalue weighted by Gasteiger charge is 2.47. The Morgan fingerprint density at radius 1 is 1.08 bits per heavy atom. The van der Waals surface area contributed by atoms with E-state index in [0.717, 1.165) is 6.42 Å². The molecule has 0 saturated heterocycles. The molecule has 0 amide bonds. The molecule has 2 aliphatic carbocycles. The monoisotopic (exact) mass is 162 g/mol. The van der Waals surface area contributed by atoms with Crippen LogP contribution in [0, 0.1) is 11.8 Å². The molecule has 12 heavy (non-hydrogen) atoms. The molecule has 0 saturated carbocycles. The molecule has 2 bridgehead atoms. The number of ether oxygens (including phenoxy) is 1. The maximum absolute atomic E-state index is 11.1. The SMILES string of the molecule is O=C1OC(=O)C2=C1C1C=CC2C1. The van der Waals surface area contributed by atoms with Gasteiger partial charge in [0.2, 0.25) is 0 Å². The first-order chi connectivity index (χ1) is 5.77. The summed E-state index contributed by atoms with van der Waals surface area (Å²) < 4.78 is 4.52. The van der Waals surface area contributed by atoms with Crippen molar-refractivity contribution in [3.63, 3.8) is 0 Å². The van der Waals surface area contributed by atoms with E-state index in [9.17, 15) is 9.59 Å². The average molecular weight is 162 g/mol. The maximum Gasteiger partial charge on any atom is 0.343 e. The lowest BCUT2D eigenvalue weighted by Crippen LogP contribution is -2.09. The van der Waals surface area contributed by atoms with Crippen LogP contribution in [0.2, 0.25) is 0 Å². The van der Waals surface area contributed by atoms with Crippen molar-refractivity contribution < 1.29 is 14.3 Å². The molecule has 0 N–H and O–H groups in total. The molecule has 0 aromatic heterocycles. The summed E-state index contributed by atoms with van der Waals surface area (Å²) in [5.74, 6) is -0.536. The van der Waals surface area contributed by atoms with Crippen LogP contribution in [0.3, 0.4) is 0 Å². The lowest BCUT2D eigenvalue weighted by atomic mass is 9.99. The number of cyclic esters (lactones) is 2. The van der Waals surface area contributed by atoms with Crippen molar-refractivity contribution in [2.45, 2.75) is 6.42 Å². The van der Waals surface area contributed by atoms with Gasteiger partial charge >= 0.3 is 11.9 Å². The van der Waals surface area contributed by atoms with E-state index in [1.165, 1.54) is 0 Å². The van der Waals surface area contributed by atoms with Crippen LogP contribution >= 0.6 is 0 Å². The quantitative estimate of drug-likeness (QED) is 0.297. The predicted octanol–water partition coefficient (Wildman–Crippen LogP) is 0.572. The Morgan fingerprint density at radius 3 is 2.08 bits per heavy atom. The first-order valence-corrected chi connectivity index (χ1v) is 3.96. The highest BCUT2D eigenvalue weighted by atomic mass is 16.6. The van der Waals surface area contributed by atoms with Gasteiger partial charge in [-0.3, -0.25) is 0 Å². The molecule has 0 aromatic rings. The molecule has 3 rings (SSSR count). The molecule has 0 aromatic carbocycles. The van der Waals surface area contributed by atoms with E-state index >= 15 is 0 Å². The lowest BCUT2D eigenvalue weighted by Gasteiger charge is -2.01. The molecule has 2 atom stereocenters. The van der Waals surface area contributed by atoms with Crippen LogP contribution in [-0.4, -0.2) is 11.9 Å². The normalized spacial score (nSPS) is 36.3. The van der Waals surface area contributed by atoms with Gasteiger partial charge in [0.05, 0.1) is 11.1 Å². The Bertz CT molecular complexity index is 330. The summed E-state index contributed by atoms with van der Waals surface area (Å²) in [6, 6.07) is 0. The van der Waals surface area contributed by atoms with E-state index in [4.69, 9.17) is 0 Å². The topological polar surface area (TPSA) is 43.4 Å². The van der Waals surface area contributed by atoms with Crippen molar-refractivity contribution in [2.24, 2.45) is 11.8 Å². The minimum atomic E-state index is -0.424. The Kier molecular flexibility index (Phi) is 0.865. The number of hydrogen-bond donors (Lipinski definition) is 0. The van der Waals surface area contributed by atoms with Crippen LogP contribution in [0.15, 0.2) is 23.3 Å². The largest absolute Gasteiger partial charge is 0.386 e. The van der Waals surface area contributed by atoms with Gasteiger partial charge < -0.3 is 4.74 Å². The summed E-state index contributed by atoms with van der Waals surface area (Å²) in [5.41, 5.74) is 1.24. The van der Waals surface area contributed by atoms with Crippen LogP contribution in [0.5, 0.6) is 0 Å². The van der Waals surface area contributed by atoms with Crippen molar-refractivity contribution in [3.05, 3.63) is 23.3 Å². The molecular weight excluding hydrogens is 156 g/mol. The second-order valence-electron chi connectivity index (χ2n) is 3.34. The summed E-state index contributed by atoms with van der Waals surface area (Å²) in [5, 5.41) is 0. The third kappa shape index (κ3) is 0.501. The molecule has 0 spiro atoms. The highest BCUT2D eigenvalue weighted by Crippen LogP contribution is 2.47. The Hall–Kier alpha value is -1.38. The van der Waals surface area contributed by atoms with Crippen LogP contribution in [0.1, 0.15) is 6.42 Å². The standard InChI is InChI=1S/C9H6O3/c10-8-6-4-1-2-5(3-4)7(6)9(11)12-8/h1-2,4-5H,3H2. The molecule has 2 unspecified atom stereocenters. The number of hydrogen-bond acceptors (Lipinski definition) is 3. The predicted molar refractivity (Wildman–Crippen MR) is 38.9 cm³/mol. The minimum Gasteiger partial charge on any atom is -0.386 e. The fraction of sp³-hybridized carbons (Fsp3) is 0.333. The molecule has 1 heterocycles. The lowest BCUT2D eigenvalue weighted by molar-refractivity contribution is -0.151. The summed E-state index contributed by atoms with van der Waals surface area (Å²) in [7, 11) is 0. The van der Waals surface area contributed by atoms with Gasteiger partial charge in [-0.2, -0.15) is 0 Å². The van der Waals surface area contributed by atoms with Crippen LogP contribution in [-0.2, 0) is 14.3 Å². The van der Waals surface area contributed by atoms with Gasteiger partial charge in [-0.15, -0.1) is 0 Å². The summed E-state index contributed by atoms with van der Waals surface area (Å²) in [6.45, 7) is 0. The number of allylic oxidation sites excluding steroid dienone is 2. The summed E-state index contributed by atoms with van der Waals surface area (Å²) in [6.07, 6.45) is 4.87. The van der Waals surface area contributed by atoms with E-state index in [0.29, 0.717) is 11.1 Å². The van der Waals surface area contributed by atoms with Gasteiger partial charge in [-0.25, -0.2) is 9.59 Å². The van der Waals surface area contributed by atoms with Crippen LogP contribution in [0.25, 0.3) is 0 Å². The van der Waals surface area contributed by atoms with Gasteiger partial charge in [-0.1, -0.05) is 12.2 Å². The molecule has 3 heteroatoms. The molecule has 3 aliphatic rings. The zero-order valence-corrected chi connectivity index (χ0v) is 6.24. The number of rotatable bonds is 0. The van der Waals surface area contributed by atoms with E-state index in [2.05, 4.69) is 4.74 Å². The van der Waals surface area contributed by atoms with Gasteiger partial charge in [0.1, 0.15) is 0 Å². The molecule has 0 fully saturated rings. The van der Waals surface area contributed by atoms with Gasteiger partial charge in [0.25, 0.3) is 0 Å². The van der Waals surface area contributed by atoms with Crippen molar-refractivity contribution in [2.75, 3.05) is 0 Å². The summed E-state index contributed by atoms with van der Waals surface area (Å²) >= 11 is 0. The third-order valence-corrected chi connectivity index (χ3v) is 2.74.